The minimum absolute atomic E-state index is 0.0398. The summed E-state index contributed by atoms with van der Waals surface area (Å²) < 4.78 is 7.46. The summed E-state index contributed by atoms with van der Waals surface area (Å²) in [5.41, 5.74) is 3.11. The molecule has 0 amide bonds. The van der Waals surface area contributed by atoms with Crippen LogP contribution in [0.4, 0.5) is 5.69 Å². The van der Waals surface area contributed by atoms with Crippen LogP contribution < -0.4 is 9.75 Å². The van der Waals surface area contributed by atoms with Crippen LogP contribution in [0.15, 0.2) is 79.4 Å². The molecule has 8 heteroatoms. The Labute approximate surface area is 184 Å². The fourth-order valence-corrected chi connectivity index (χ4v) is 3.40. The molecule has 0 aliphatic rings. The first kappa shape index (κ1) is 20.3. The van der Waals surface area contributed by atoms with Gasteiger partial charge in [-0.15, -0.1) is 10.2 Å². The van der Waals surface area contributed by atoms with Crippen molar-refractivity contribution < 1.29 is 9.84 Å². The number of nitrogens with zero attached hydrogens (tertiary/aromatic N) is 5. The summed E-state index contributed by atoms with van der Waals surface area (Å²) >= 11 is 6.42. The molecule has 1 heterocycles. The van der Waals surface area contributed by atoms with E-state index in [1.54, 1.807) is 41.6 Å². The molecule has 7 nitrogen and oxygen atoms in total. The van der Waals surface area contributed by atoms with Crippen molar-refractivity contribution in [3.8, 4) is 17.6 Å². The first-order chi connectivity index (χ1) is 15.1. The molecule has 154 valence electrons. The average Bonchev–Trinajstić information content (AvgIpc) is 3.32. The van der Waals surface area contributed by atoms with Gasteiger partial charge in [0.15, 0.2) is 11.5 Å². The largest absolute Gasteiger partial charge is 0.504 e. The number of aromatic hydroxyl groups is 1. The molecule has 1 N–H and O–H groups in total. The van der Waals surface area contributed by atoms with E-state index in [-0.39, 0.29) is 11.5 Å². The Balaban J connectivity index is 1.58. The summed E-state index contributed by atoms with van der Waals surface area (Å²) in [6.07, 6.45) is 3.13. The number of benzene rings is 3. The number of ether oxygens (including phenoxy) is 1. The minimum Gasteiger partial charge on any atom is -0.504 e. The van der Waals surface area contributed by atoms with Gasteiger partial charge in [-0.2, -0.15) is 5.26 Å². The van der Waals surface area contributed by atoms with Crippen molar-refractivity contribution >= 4 is 17.3 Å². The fourth-order valence-electron chi connectivity index (χ4n) is 3.10. The van der Waals surface area contributed by atoms with E-state index < -0.39 is 0 Å². The minimum atomic E-state index is -0.0398. The second-order valence-electron chi connectivity index (χ2n) is 6.76. The standard InChI is InChI=1S/C23H18ClN5O2/c24-21-10-19(11-22(30)23(21)31-14-18-4-2-1-3-5-18)13-29(28-15-26-27-16-28)20-8-6-17(12-25)7-9-20/h1-11,15-16,30H,13-14H2. The molecule has 0 spiro atoms. The van der Waals surface area contributed by atoms with Crippen LogP contribution in [-0.2, 0) is 13.2 Å². The van der Waals surface area contributed by atoms with Gasteiger partial charge in [0.1, 0.15) is 19.3 Å². The normalized spacial score (nSPS) is 10.5. The zero-order valence-corrected chi connectivity index (χ0v) is 17.1. The molecule has 1 aromatic heterocycles. The lowest BCUT2D eigenvalue weighted by molar-refractivity contribution is 0.289. The highest BCUT2D eigenvalue weighted by Gasteiger charge is 2.15. The van der Waals surface area contributed by atoms with Gasteiger partial charge in [0.2, 0.25) is 0 Å². The van der Waals surface area contributed by atoms with Crippen LogP contribution in [0, 0.1) is 11.3 Å². The van der Waals surface area contributed by atoms with Crippen molar-refractivity contribution in [1.29, 1.82) is 5.26 Å². The van der Waals surface area contributed by atoms with Gasteiger partial charge in [0.05, 0.1) is 28.9 Å². The van der Waals surface area contributed by atoms with Crippen LogP contribution in [-0.4, -0.2) is 20.0 Å². The molecule has 0 fully saturated rings. The van der Waals surface area contributed by atoms with E-state index in [1.807, 2.05) is 47.5 Å². The molecule has 0 unspecified atom stereocenters. The lowest BCUT2D eigenvalue weighted by atomic mass is 10.1. The highest BCUT2D eigenvalue weighted by Crippen LogP contribution is 2.37. The van der Waals surface area contributed by atoms with Crippen LogP contribution in [0.25, 0.3) is 0 Å². The van der Waals surface area contributed by atoms with Gasteiger partial charge < -0.3 is 9.84 Å². The van der Waals surface area contributed by atoms with Crippen molar-refractivity contribution in [2.45, 2.75) is 13.2 Å². The number of anilines is 1. The van der Waals surface area contributed by atoms with Gasteiger partial charge in [-0.25, -0.2) is 4.68 Å². The van der Waals surface area contributed by atoms with Gasteiger partial charge in [0, 0.05) is 0 Å². The monoisotopic (exact) mass is 431 g/mol. The molecule has 4 aromatic rings. The lowest BCUT2D eigenvalue weighted by Gasteiger charge is -2.25. The third-order valence-corrected chi connectivity index (χ3v) is 4.90. The van der Waals surface area contributed by atoms with E-state index in [4.69, 9.17) is 21.6 Å². The fraction of sp³-hybridized carbons (Fsp3) is 0.0870. The molecule has 4 rings (SSSR count). The van der Waals surface area contributed by atoms with E-state index in [1.165, 1.54) is 0 Å². The van der Waals surface area contributed by atoms with Crippen LogP contribution in [0.5, 0.6) is 11.5 Å². The Morgan fingerprint density at radius 1 is 1.00 bits per heavy atom. The second-order valence-corrected chi connectivity index (χ2v) is 7.17. The van der Waals surface area contributed by atoms with Crippen molar-refractivity contribution in [2.24, 2.45) is 0 Å². The lowest BCUT2D eigenvalue weighted by Crippen LogP contribution is -2.27. The van der Waals surface area contributed by atoms with E-state index >= 15 is 0 Å². The van der Waals surface area contributed by atoms with E-state index in [2.05, 4.69) is 16.3 Å². The van der Waals surface area contributed by atoms with Crippen molar-refractivity contribution in [3.05, 3.63) is 101 Å². The second kappa shape index (κ2) is 9.20. The molecule has 0 aliphatic carbocycles. The van der Waals surface area contributed by atoms with E-state index in [9.17, 15) is 5.11 Å². The number of aromatic nitrogens is 3. The first-order valence-electron chi connectivity index (χ1n) is 9.45. The molecular weight excluding hydrogens is 414 g/mol. The Hall–Kier alpha value is -4.02. The predicted molar refractivity (Wildman–Crippen MR) is 117 cm³/mol. The predicted octanol–water partition coefficient (Wildman–Crippen LogP) is 4.56. The molecule has 0 saturated carbocycles. The number of hydrogen-bond donors (Lipinski definition) is 1. The zero-order chi connectivity index (χ0) is 21.6. The summed E-state index contributed by atoms with van der Waals surface area (Å²) in [5.74, 6) is 0.199. The third kappa shape index (κ3) is 4.77. The first-order valence-corrected chi connectivity index (χ1v) is 9.82. The molecule has 0 radical (unpaired) electrons. The molecule has 3 aromatic carbocycles. The average molecular weight is 432 g/mol. The van der Waals surface area contributed by atoms with Crippen molar-refractivity contribution in [3.63, 3.8) is 0 Å². The maximum atomic E-state index is 10.5. The maximum Gasteiger partial charge on any atom is 0.179 e. The van der Waals surface area contributed by atoms with Gasteiger partial charge in [-0.1, -0.05) is 41.9 Å². The number of rotatable bonds is 7. The van der Waals surface area contributed by atoms with E-state index in [0.29, 0.717) is 23.7 Å². The van der Waals surface area contributed by atoms with Gasteiger partial charge >= 0.3 is 0 Å². The molecule has 0 aliphatic heterocycles. The molecule has 0 saturated heterocycles. The van der Waals surface area contributed by atoms with Crippen LogP contribution in [0.2, 0.25) is 5.02 Å². The van der Waals surface area contributed by atoms with Gasteiger partial charge in [-0.05, 0) is 47.5 Å². The summed E-state index contributed by atoms with van der Waals surface area (Å²) in [7, 11) is 0. The van der Waals surface area contributed by atoms with Gasteiger partial charge in [0.25, 0.3) is 0 Å². The Morgan fingerprint density at radius 2 is 1.71 bits per heavy atom. The number of nitriles is 1. The number of phenols is 1. The summed E-state index contributed by atoms with van der Waals surface area (Å²) in [6, 6.07) is 22.3. The Morgan fingerprint density at radius 3 is 2.35 bits per heavy atom. The van der Waals surface area contributed by atoms with Crippen LogP contribution in [0.3, 0.4) is 0 Å². The Kier molecular flexibility index (Phi) is 6.01. The number of phenolic OH excluding ortho intramolecular Hbond substituents is 1. The van der Waals surface area contributed by atoms with Gasteiger partial charge in [-0.3, -0.25) is 5.01 Å². The SMILES string of the molecule is N#Cc1ccc(N(Cc2cc(O)c(OCc3ccccc3)c(Cl)c2)n2cnnc2)cc1. The van der Waals surface area contributed by atoms with Crippen molar-refractivity contribution in [1.82, 2.24) is 14.9 Å². The van der Waals surface area contributed by atoms with Crippen LogP contribution in [0.1, 0.15) is 16.7 Å². The molecular formula is C23H18ClN5O2. The number of halogens is 1. The molecule has 31 heavy (non-hydrogen) atoms. The number of hydrogen-bond acceptors (Lipinski definition) is 6. The smallest absolute Gasteiger partial charge is 0.179 e. The van der Waals surface area contributed by atoms with Crippen molar-refractivity contribution in [2.75, 3.05) is 5.01 Å². The summed E-state index contributed by atoms with van der Waals surface area (Å²) in [5, 5.41) is 29.5. The Bertz CT molecular complexity index is 1170. The third-order valence-electron chi connectivity index (χ3n) is 4.62. The maximum absolute atomic E-state index is 10.5. The topological polar surface area (TPSA) is 87.2 Å². The van der Waals surface area contributed by atoms with Crippen LogP contribution >= 0.6 is 11.6 Å². The zero-order valence-electron chi connectivity index (χ0n) is 16.4. The highest BCUT2D eigenvalue weighted by atomic mass is 35.5. The molecule has 0 bridgehead atoms. The summed E-state index contributed by atoms with van der Waals surface area (Å²) in [6.45, 7) is 0.668. The quantitative estimate of drug-likeness (QED) is 0.461. The van der Waals surface area contributed by atoms with E-state index in [0.717, 1.165) is 16.8 Å². The highest BCUT2D eigenvalue weighted by molar-refractivity contribution is 6.32. The summed E-state index contributed by atoms with van der Waals surface area (Å²) in [4.78, 5) is 0. The molecule has 0 atom stereocenters.